The minimum absolute atomic E-state index is 0.0563. The number of carbonyl (C=O) groups excluding carboxylic acids is 1. The number of hydrogen-bond donors (Lipinski definition) is 0. The van der Waals surface area contributed by atoms with Gasteiger partial charge in [0.15, 0.2) is 5.72 Å². The van der Waals surface area contributed by atoms with Crippen LogP contribution >= 0.6 is 0 Å². The van der Waals surface area contributed by atoms with E-state index in [4.69, 9.17) is 4.74 Å². The van der Waals surface area contributed by atoms with E-state index in [1.54, 1.807) is 23.6 Å². The van der Waals surface area contributed by atoms with Gasteiger partial charge >= 0.3 is 0 Å². The third-order valence-electron chi connectivity index (χ3n) is 6.37. The van der Waals surface area contributed by atoms with E-state index in [1.165, 1.54) is 10.5 Å². The Labute approximate surface area is 163 Å². The van der Waals surface area contributed by atoms with Crippen LogP contribution in [0.5, 0.6) is 0 Å². The molecule has 0 radical (unpaired) electrons. The van der Waals surface area contributed by atoms with Gasteiger partial charge in [-0.3, -0.25) is 9.48 Å². The largest absolute Gasteiger partial charge is 0.351 e. The van der Waals surface area contributed by atoms with Crippen LogP contribution in [0.4, 0.5) is 0 Å². The van der Waals surface area contributed by atoms with Gasteiger partial charge in [0, 0.05) is 26.4 Å². The highest BCUT2D eigenvalue weighted by Gasteiger charge is 2.66. The van der Waals surface area contributed by atoms with Crippen molar-refractivity contribution in [3.63, 3.8) is 0 Å². The molecule has 0 aliphatic carbocycles. The van der Waals surface area contributed by atoms with Crippen LogP contribution in [0.15, 0.2) is 41.4 Å². The van der Waals surface area contributed by atoms with Crippen LogP contribution in [0.2, 0.25) is 0 Å². The first kappa shape index (κ1) is 17.8. The van der Waals surface area contributed by atoms with E-state index in [0.717, 1.165) is 5.56 Å². The molecule has 5 rings (SSSR count). The number of carbonyl (C=O) groups is 1. The van der Waals surface area contributed by atoms with Crippen LogP contribution in [0.3, 0.4) is 0 Å². The van der Waals surface area contributed by atoms with Crippen molar-refractivity contribution >= 4 is 15.9 Å². The van der Waals surface area contributed by atoms with E-state index in [1.807, 2.05) is 30.3 Å². The summed E-state index contributed by atoms with van der Waals surface area (Å²) in [6, 6.07) is 9.08. The molecule has 3 fully saturated rings. The molecule has 1 aromatic carbocycles. The zero-order chi connectivity index (χ0) is 19.7. The number of aryl methyl sites for hydroxylation is 1. The topological polar surface area (TPSA) is 84.7 Å². The molecule has 28 heavy (non-hydrogen) atoms. The Balaban J connectivity index is 1.52. The summed E-state index contributed by atoms with van der Waals surface area (Å²) >= 11 is 0. The van der Waals surface area contributed by atoms with Crippen LogP contribution < -0.4 is 0 Å². The van der Waals surface area contributed by atoms with Crippen LogP contribution in [0.25, 0.3) is 0 Å². The van der Waals surface area contributed by atoms with Crippen molar-refractivity contribution in [1.29, 1.82) is 0 Å². The molecular weight excluding hydrogens is 380 g/mol. The quantitative estimate of drug-likeness (QED) is 0.770. The molecule has 1 amide bonds. The standard InChI is InChI=1S/C19H22N4O4S/c1-13-16(11-20-21(13)2)28(25,26)22-9-8-19-17(22)10-18(24)23(19)15(12-27-19)14-6-4-3-5-7-14/h3-7,11,15,17H,8-10,12H2,1-2H3/t15-,17+,19-/m0/s1. The number of aromatic nitrogens is 2. The van der Waals surface area contributed by atoms with Gasteiger partial charge < -0.3 is 9.64 Å². The Bertz CT molecular complexity index is 1050. The monoisotopic (exact) mass is 402 g/mol. The van der Waals surface area contributed by atoms with Crippen molar-refractivity contribution in [3.8, 4) is 0 Å². The average Bonchev–Trinajstić information content (AvgIpc) is 3.38. The zero-order valence-electron chi connectivity index (χ0n) is 15.8. The van der Waals surface area contributed by atoms with Gasteiger partial charge in [-0.15, -0.1) is 0 Å². The molecule has 3 atom stereocenters. The second-order valence-electron chi connectivity index (χ2n) is 7.65. The minimum atomic E-state index is -3.76. The van der Waals surface area contributed by atoms with Gasteiger partial charge in [-0.05, 0) is 12.5 Å². The van der Waals surface area contributed by atoms with Crippen molar-refractivity contribution in [2.24, 2.45) is 7.05 Å². The fraction of sp³-hybridized carbons (Fsp3) is 0.474. The molecule has 2 aromatic rings. The lowest BCUT2D eigenvalue weighted by Crippen LogP contribution is -2.49. The highest BCUT2D eigenvalue weighted by Crippen LogP contribution is 2.52. The highest BCUT2D eigenvalue weighted by molar-refractivity contribution is 7.89. The van der Waals surface area contributed by atoms with Crippen LogP contribution in [-0.2, 0) is 26.6 Å². The van der Waals surface area contributed by atoms with Gasteiger partial charge in [0.05, 0.1) is 30.6 Å². The van der Waals surface area contributed by atoms with Gasteiger partial charge in [-0.25, -0.2) is 8.42 Å². The molecule has 0 bridgehead atoms. The number of nitrogens with zero attached hydrogens (tertiary/aromatic N) is 4. The van der Waals surface area contributed by atoms with E-state index in [0.29, 0.717) is 25.3 Å². The lowest BCUT2D eigenvalue weighted by molar-refractivity contribution is -0.138. The smallest absolute Gasteiger partial charge is 0.246 e. The predicted molar refractivity (Wildman–Crippen MR) is 99.6 cm³/mol. The van der Waals surface area contributed by atoms with Gasteiger partial charge in [-0.2, -0.15) is 9.40 Å². The molecule has 4 heterocycles. The second-order valence-corrected chi connectivity index (χ2v) is 9.51. The minimum Gasteiger partial charge on any atom is -0.351 e. The fourth-order valence-corrected chi connectivity index (χ4v) is 6.72. The van der Waals surface area contributed by atoms with E-state index in [-0.39, 0.29) is 23.3 Å². The van der Waals surface area contributed by atoms with E-state index in [2.05, 4.69) is 5.10 Å². The van der Waals surface area contributed by atoms with Gasteiger partial charge in [-0.1, -0.05) is 30.3 Å². The van der Waals surface area contributed by atoms with Crippen LogP contribution in [0, 0.1) is 6.92 Å². The molecule has 0 N–H and O–H groups in total. The summed E-state index contributed by atoms with van der Waals surface area (Å²) in [5.41, 5.74) is 0.718. The SMILES string of the molecule is Cc1c(S(=O)(=O)N2CC[C@@]34OC[C@@H](c5ccccc5)N3C(=O)C[C@@H]24)cnn1C. The van der Waals surface area contributed by atoms with Crippen molar-refractivity contribution in [1.82, 2.24) is 19.0 Å². The Kier molecular flexibility index (Phi) is 3.75. The third-order valence-corrected chi connectivity index (χ3v) is 8.38. The molecule has 8 nitrogen and oxygen atoms in total. The first-order chi connectivity index (χ1) is 13.4. The molecule has 3 aliphatic rings. The maximum Gasteiger partial charge on any atom is 0.246 e. The number of amides is 1. The summed E-state index contributed by atoms with van der Waals surface area (Å²) in [7, 11) is -2.05. The Morgan fingerprint density at radius 2 is 2.00 bits per heavy atom. The summed E-state index contributed by atoms with van der Waals surface area (Å²) in [5.74, 6) is -0.0563. The van der Waals surface area contributed by atoms with E-state index < -0.39 is 21.8 Å². The molecule has 3 saturated heterocycles. The first-order valence-electron chi connectivity index (χ1n) is 9.38. The molecule has 1 spiro atoms. The van der Waals surface area contributed by atoms with Gasteiger partial charge in [0.1, 0.15) is 4.90 Å². The Hall–Kier alpha value is -2.23. The summed E-state index contributed by atoms with van der Waals surface area (Å²) in [4.78, 5) is 14.9. The summed E-state index contributed by atoms with van der Waals surface area (Å²) in [6.45, 7) is 2.44. The normalized spacial score (nSPS) is 30.1. The number of sulfonamides is 1. The van der Waals surface area contributed by atoms with Crippen molar-refractivity contribution in [3.05, 3.63) is 47.8 Å². The van der Waals surface area contributed by atoms with E-state index in [9.17, 15) is 13.2 Å². The highest BCUT2D eigenvalue weighted by atomic mass is 32.2. The number of rotatable bonds is 3. The number of ether oxygens (including phenoxy) is 1. The van der Waals surface area contributed by atoms with E-state index >= 15 is 0 Å². The van der Waals surface area contributed by atoms with Crippen molar-refractivity contribution in [2.75, 3.05) is 13.2 Å². The van der Waals surface area contributed by atoms with Crippen LogP contribution in [0.1, 0.15) is 30.1 Å². The number of hydrogen-bond acceptors (Lipinski definition) is 5. The van der Waals surface area contributed by atoms with Gasteiger partial charge in [0.25, 0.3) is 0 Å². The molecule has 148 valence electrons. The molecule has 1 aromatic heterocycles. The molecule has 0 unspecified atom stereocenters. The van der Waals surface area contributed by atoms with Crippen molar-refractivity contribution in [2.45, 2.75) is 42.5 Å². The average molecular weight is 402 g/mol. The molecule has 9 heteroatoms. The fourth-order valence-electron chi connectivity index (χ4n) is 4.87. The Morgan fingerprint density at radius 1 is 1.25 bits per heavy atom. The maximum atomic E-state index is 13.3. The number of benzene rings is 1. The van der Waals surface area contributed by atoms with Crippen LogP contribution in [-0.4, -0.2) is 58.2 Å². The lowest BCUT2D eigenvalue weighted by atomic mass is 10.0. The van der Waals surface area contributed by atoms with Gasteiger partial charge in [0.2, 0.25) is 15.9 Å². The summed E-state index contributed by atoms with van der Waals surface area (Å²) < 4.78 is 35.9. The van der Waals surface area contributed by atoms with Crippen molar-refractivity contribution < 1.29 is 17.9 Å². The molecular formula is C19H22N4O4S. The summed E-state index contributed by atoms with van der Waals surface area (Å²) in [5, 5.41) is 4.07. The third kappa shape index (κ3) is 2.20. The molecule has 3 aliphatic heterocycles. The predicted octanol–water partition coefficient (Wildman–Crippen LogP) is 1.19. The first-order valence-corrected chi connectivity index (χ1v) is 10.8. The maximum absolute atomic E-state index is 13.3. The zero-order valence-corrected chi connectivity index (χ0v) is 16.6. The Morgan fingerprint density at radius 3 is 2.68 bits per heavy atom. The molecule has 0 saturated carbocycles. The second kappa shape index (κ2) is 5.88. The lowest BCUT2D eigenvalue weighted by Gasteiger charge is -2.33. The summed E-state index contributed by atoms with van der Waals surface area (Å²) in [6.07, 6.45) is 2.00.